The minimum atomic E-state index is 0.231. The molecule has 19 heavy (non-hydrogen) atoms. The van der Waals surface area contributed by atoms with Crippen LogP contribution in [-0.4, -0.2) is 39.3 Å². The summed E-state index contributed by atoms with van der Waals surface area (Å²) in [6, 6.07) is 4.19. The third kappa shape index (κ3) is 2.90. The predicted octanol–water partition coefficient (Wildman–Crippen LogP) is 0.718. The van der Waals surface area contributed by atoms with Crippen LogP contribution in [0.1, 0.15) is 24.2 Å². The Bertz CT molecular complexity index is 523. The van der Waals surface area contributed by atoms with E-state index < -0.39 is 0 Å². The van der Waals surface area contributed by atoms with Gasteiger partial charge >= 0.3 is 0 Å². The number of rotatable bonds is 3. The molecule has 6 heteroatoms. The minimum absolute atomic E-state index is 0.231. The molecule has 0 amide bonds. The van der Waals surface area contributed by atoms with Gasteiger partial charge in [-0.3, -0.25) is 10.1 Å². The van der Waals surface area contributed by atoms with Crippen LogP contribution in [0.25, 0.3) is 0 Å². The number of nitrogens with two attached hydrogens (primary N) is 1. The number of hydrogen-bond donors (Lipinski definition) is 2. The van der Waals surface area contributed by atoms with Gasteiger partial charge in [0.25, 0.3) is 0 Å². The van der Waals surface area contributed by atoms with Gasteiger partial charge in [0.05, 0.1) is 0 Å². The van der Waals surface area contributed by atoms with Crippen LogP contribution in [0, 0.1) is 0 Å². The first-order chi connectivity index (χ1) is 9.31. The number of piperidine rings is 1. The van der Waals surface area contributed by atoms with Crippen LogP contribution < -0.4 is 10.6 Å². The van der Waals surface area contributed by atoms with Gasteiger partial charge in [0, 0.05) is 37.9 Å². The first-order valence-electron chi connectivity index (χ1n) is 6.62. The highest BCUT2D eigenvalue weighted by molar-refractivity contribution is 5.30. The molecule has 0 saturated carbocycles. The first-order valence-corrected chi connectivity index (χ1v) is 6.62. The molecule has 0 spiro atoms. The molecule has 100 valence electrons. The van der Waals surface area contributed by atoms with E-state index in [1.807, 2.05) is 18.3 Å². The second kappa shape index (κ2) is 5.36. The molecule has 3 N–H and O–H groups in total. The fourth-order valence-corrected chi connectivity index (χ4v) is 2.39. The quantitative estimate of drug-likeness (QED) is 0.847. The number of nitrogens with zero attached hydrogens (tertiary/aromatic N) is 4. The van der Waals surface area contributed by atoms with E-state index in [4.69, 9.17) is 5.73 Å². The van der Waals surface area contributed by atoms with Crippen molar-refractivity contribution in [2.45, 2.75) is 25.3 Å². The van der Waals surface area contributed by atoms with Crippen molar-refractivity contribution in [3.05, 3.63) is 35.9 Å². The Balaban J connectivity index is 1.69. The molecule has 2 aromatic heterocycles. The Kier molecular flexibility index (Phi) is 3.41. The average molecular weight is 258 g/mol. The largest absolute Gasteiger partial charge is 0.338 e. The molecule has 1 aliphatic rings. The summed E-state index contributed by atoms with van der Waals surface area (Å²) in [5.74, 6) is 1.62. The van der Waals surface area contributed by atoms with Crippen LogP contribution in [0.4, 0.5) is 5.95 Å². The van der Waals surface area contributed by atoms with E-state index in [0.29, 0.717) is 0 Å². The molecule has 1 atom stereocenters. The lowest BCUT2D eigenvalue weighted by atomic mass is 10.1. The molecule has 0 aliphatic carbocycles. The lowest BCUT2D eigenvalue weighted by Crippen LogP contribution is -2.43. The van der Waals surface area contributed by atoms with E-state index in [2.05, 4.69) is 25.1 Å². The normalized spacial score (nSPS) is 19.6. The second-order valence-electron chi connectivity index (χ2n) is 4.97. The monoisotopic (exact) mass is 258 g/mol. The molecule has 0 aromatic carbocycles. The van der Waals surface area contributed by atoms with Crippen molar-refractivity contribution >= 4 is 5.95 Å². The molecular formula is C13H18N6. The summed E-state index contributed by atoms with van der Waals surface area (Å²) in [6.45, 7) is 1.82. The van der Waals surface area contributed by atoms with Crippen molar-refractivity contribution in [2.24, 2.45) is 5.73 Å². The summed E-state index contributed by atoms with van der Waals surface area (Å²) in [6.07, 6.45) is 6.53. The number of hydrogen-bond acceptors (Lipinski definition) is 5. The van der Waals surface area contributed by atoms with Gasteiger partial charge in [0.15, 0.2) is 0 Å². The summed E-state index contributed by atoms with van der Waals surface area (Å²) < 4.78 is 0. The number of aromatic nitrogens is 4. The van der Waals surface area contributed by atoms with Gasteiger partial charge in [-0.2, -0.15) is 4.98 Å². The molecule has 2 aromatic rings. The molecule has 3 rings (SSSR count). The van der Waals surface area contributed by atoms with Gasteiger partial charge in [0.2, 0.25) is 5.95 Å². The van der Waals surface area contributed by atoms with Crippen molar-refractivity contribution < 1.29 is 0 Å². The van der Waals surface area contributed by atoms with Crippen LogP contribution in [0.2, 0.25) is 0 Å². The number of pyridine rings is 1. The minimum Gasteiger partial charge on any atom is -0.338 e. The van der Waals surface area contributed by atoms with E-state index in [1.165, 1.54) is 0 Å². The molecule has 6 nitrogen and oxygen atoms in total. The zero-order valence-corrected chi connectivity index (χ0v) is 10.8. The highest BCUT2D eigenvalue weighted by atomic mass is 15.4. The summed E-state index contributed by atoms with van der Waals surface area (Å²) in [5, 5.41) is 7.28. The van der Waals surface area contributed by atoms with Crippen molar-refractivity contribution in [2.75, 3.05) is 18.0 Å². The van der Waals surface area contributed by atoms with Gasteiger partial charge in [-0.15, -0.1) is 5.10 Å². The number of anilines is 1. The zero-order chi connectivity index (χ0) is 13.1. The molecule has 1 unspecified atom stereocenters. The van der Waals surface area contributed by atoms with E-state index in [1.54, 1.807) is 6.20 Å². The van der Waals surface area contributed by atoms with Gasteiger partial charge in [-0.05, 0) is 24.5 Å². The summed E-state index contributed by atoms with van der Waals surface area (Å²) >= 11 is 0. The number of H-pyrrole nitrogens is 1. The maximum Gasteiger partial charge on any atom is 0.244 e. The summed E-state index contributed by atoms with van der Waals surface area (Å²) in [5.41, 5.74) is 7.10. The SMILES string of the molecule is NC1CCCN(c2n[nH]c(Cc3cccnc3)n2)C1. The number of nitrogens with one attached hydrogen (secondary N) is 1. The van der Waals surface area contributed by atoms with Crippen molar-refractivity contribution in [3.63, 3.8) is 0 Å². The molecule has 0 bridgehead atoms. The average Bonchev–Trinajstić information content (AvgIpc) is 2.88. The first kappa shape index (κ1) is 12.1. The lowest BCUT2D eigenvalue weighted by Gasteiger charge is -2.29. The summed E-state index contributed by atoms with van der Waals surface area (Å²) in [7, 11) is 0. The van der Waals surface area contributed by atoms with Crippen molar-refractivity contribution in [3.8, 4) is 0 Å². The van der Waals surface area contributed by atoms with Gasteiger partial charge in [0.1, 0.15) is 5.82 Å². The van der Waals surface area contributed by atoms with E-state index in [9.17, 15) is 0 Å². The molecule has 3 heterocycles. The van der Waals surface area contributed by atoms with Gasteiger partial charge in [-0.1, -0.05) is 6.07 Å². The maximum atomic E-state index is 5.98. The van der Waals surface area contributed by atoms with Crippen LogP contribution >= 0.6 is 0 Å². The van der Waals surface area contributed by atoms with Crippen LogP contribution in [0.15, 0.2) is 24.5 Å². The zero-order valence-electron chi connectivity index (χ0n) is 10.8. The highest BCUT2D eigenvalue weighted by Crippen LogP contribution is 2.15. The fourth-order valence-electron chi connectivity index (χ4n) is 2.39. The molecule has 1 fully saturated rings. The van der Waals surface area contributed by atoms with Gasteiger partial charge in [-0.25, -0.2) is 0 Å². The predicted molar refractivity (Wildman–Crippen MR) is 72.8 cm³/mol. The molecule has 1 aliphatic heterocycles. The lowest BCUT2D eigenvalue weighted by molar-refractivity contribution is 0.500. The Morgan fingerprint density at radius 1 is 1.47 bits per heavy atom. The Morgan fingerprint density at radius 3 is 3.21 bits per heavy atom. The summed E-state index contributed by atoms with van der Waals surface area (Å²) in [4.78, 5) is 10.8. The topological polar surface area (TPSA) is 83.7 Å². The Morgan fingerprint density at radius 2 is 2.42 bits per heavy atom. The third-order valence-electron chi connectivity index (χ3n) is 3.35. The second-order valence-corrected chi connectivity index (χ2v) is 4.97. The van der Waals surface area contributed by atoms with Crippen LogP contribution in [-0.2, 0) is 6.42 Å². The number of aromatic amines is 1. The van der Waals surface area contributed by atoms with Crippen molar-refractivity contribution in [1.82, 2.24) is 20.2 Å². The van der Waals surface area contributed by atoms with E-state index >= 15 is 0 Å². The van der Waals surface area contributed by atoms with Crippen LogP contribution in [0.3, 0.4) is 0 Å². The van der Waals surface area contributed by atoms with E-state index in [0.717, 1.165) is 49.7 Å². The van der Waals surface area contributed by atoms with E-state index in [-0.39, 0.29) is 6.04 Å². The smallest absolute Gasteiger partial charge is 0.244 e. The van der Waals surface area contributed by atoms with Crippen LogP contribution in [0.5, 0.6) is 0 Å². The maximum absolute atomic E-state index is 5.98. The highest BCUT2D eigenvalue weighted by Gasteiger charge is 2.20. The fraction of sp³-hybridized carbons (Fsp3) is 0.462. The standard InChI is InChI=1S/C13H18N6/c14-11-4-2-6-19(9-11)13-16-12(17-18-13)7-10-3-1-5-15-8-10/h1,3,5,8,11H,2,4,6-7,9,14H2,(H,16,17,18). The van der Waals surface area contributed by atoms with Crippen molar-refractivity contribution in [1.29, 1.82) is 0 Å². The molecule has 0 radical (unpaired) electrons. The Labute approximate surface area is 112 Å². The molecule has 1 saturated heterocycles. The third-order valence-corrected chi connectivity index (χ3v) is 3.35. The Hall–Kier alpha value is -1.95. The molecular weight excluding hydrogens is 240 g/mol. The van der Waals surface area contributed by atoms with Gasteiger partial charge < -0.3 is 10.6 Å².